The van der Waals surface area contributed by atoms with Crippen LogP contribution in [0.15, 0.2) is 11.4 Å². The van der Waals surface area contributed by atoms with E-state index in [4.69, 9.17) is 4.74 Å². The average molecular weight is 341 g/mol. The van der Waals surface area contributed by atoms with Crippen molar-refractivity contribution in [2.75, 3.05) is 45.2 Å². The lowest BCUT2D eigenvalue weighted by atomic mass is 10.3. The first-order valence-electron chi connectivity index (χ1n) is 7.95. The zero-order valence-electron chi connectivity index (χ0n) is 14.4. The maximum Gasteiger partial charge on any atom is 0.339 e. The second-order valence-corrected chi connectivity index (χ2v) is 6.32. The van der Waals surface area contributed by atoms with Crippen molar-refractivity contribution in [2.24, 2.45) is 0 Å². The number of anilines is 1. The Morgan fingerprint density at radius 3 is 2.61 bits per heavy atom. The summed E-state index contributed by atoms with van der Waals surface area (Å²) in [6, 6.07) is 1.59. The molecule has 0 fully saturated rings. The third kappa shape index (κ3) is 6.58. The smallest absolute Gasteiger partial charge is 0.339 e. The summed E-state index contributed by atoms with van der Waals surface area (Å²) in [6.45, 7) is 6.16. The molecule has 23 heavy (non-hydrogen) atoms. The monoisotopic (exact) mass is 341 g/mol. The molecule has 0 bridgehead atoms. The first-order chi connectivity index (χ1) is 11.0. The van der Waals surface area contributed by atoms with Gasteiger partial charge in [0.25, 0.3) is 0 Å². The number of amides is 2. The number of nitrogens with one attached hydrogen (secondary N) is 1. The van der Waals surface area contributed by atoms with Gasteiger partial charge in [0.05, 0.1) is 17.2 Å². The molecule has 0 atom stereocenters. The van der Waals surface area contributed by atoms with Gasteiger partial charge < -0.3 is 15.0 Å². The summed E-state index contributed by atoms with van der Waals surface area (Å²) in [7, 11) is 3.93. The number of rotatable bonds is 9. The summed E-state index contributed by atoms with van der Waals surface area (Å²) in [5, 5.41) is 5.41. The third-order valence-electron chi connectivity index (χ3n) is 3.19. The summed E-state index contributed by atoms with van der Waals surface area (Å²) in [5.41, 5.74) is 0.489. The van der Waals surface area contributed by atoms with Crippen LogP contribution in [0.4, 0.5) is 9.80 Å². The lowest BCUT2D eigenvalue weighted by Crippen LogP contribution is -2.43. The number of urea groups is 1. The molecule has 1 heterocycles. The molecule has 0 aliphatic heterocycles. The van der Waals surface area contributed by atoms with E-state index in [0.29, 0.717) is 25.3 Å². The van der Waals surface area contributed by atoms with Crippen molar-refractivity contribution in [2.45, 2.75) is 26.7 Å². The number of nitrogens with zero attached hydrogens (tertiary/aromatic N) is 2. The van der Waals surface area contributed by atoms with Crippen LogP contribution in [0.2, 0.25) is 0 Å². The van der Waals surface area contributed by atoms with Crippen molar-refractivity contribution in [3.05, 3.63) is 17.0 Å². The van der Waals surface area contributed by atoms with E-state index in [1.54, 1.807) is 23.3 Å². The van der Waals surface area contributed by atoms with Crippen LogP contribution in [0.1, 0.15) is 37.0 Å². The molecule has 0 saturated heterocycles. The lowest BCUT2D eigenvalue weighted by molar-refractivity contribution is 0.0527. The Morgan fingerprint density at radius 1 is 1.26 bits per heavy atom. The molecule has 0 radical (unpaired) electrons. The molecule has 1 aromatic heterocycles. The van der Waals surface area contributed by atoms with Crippen molar-refractivity contribution in [1.29, 1.82) is 0 Å². The molecule has 7 heteroatoms. The predicted molar refractivity (Wildman–Crippen MR) is 94.5 cm³/mol. The first-order valence-corrected chi connectivity index (χ1v) is 8.83. The molecule has 0 unspecified atom stereocenters. The van der Waals surface area contributed by atoms with Gasteiger partial charge >= 0.3 is 12.0 Å². The van der Waals surface area contributed by atoms with E-state index in [1.807, 2.05) is 19.0 Å². The number of unbranched alkanes of at least 4 members (excludes halogenated alkanes) is 1. The Hall–Kier alpha value is -1.60. The number of ether oxygens (including phenoxy) is 1. The van der Waals surface area contributed by atoms with E-state index in [2.05, 4.69) is 12.2 Å². The highest BCUT2D eigenvalue weighted by molar-refractivity contribution is 7.14. The number of thiophene rings is 1. The molecule has 6 nitrogen and oxygen atoms in total. The minimum absolute atomic E-state index is 0.127. The summed E-state index contributed by atoms with van der Waals surface area (Å²) in [6.07, 6.45) is 1.98. The molecule has 2 amide bonds. The number of carbonyl (C=O) groups is 2. The fourth-order valence-electron chi connectivity index (χ4n) is 1.87. The molecule has 1 rings (SSSR count). The van der Waals surface area contributed by atoms with Gasteiger partial charge in [-0.3, -0.25) is 4.90 Å². The van der Waals surface area contributed by atoms with Gasteiger partial charge in [0.15, 0.2) is 0 Å². The molecular formula is C16H27N3O3S. The minimum Gasteiger partial charge on any atom is -0.462 e. The highest BCUT2D eigenvalue weighted by Crippen LogP contribution is 2.25. The van der Waals surface area contributed by atoms with E-state index in [0.717, 1.165) is 24.4 Å². The molecular weight excluding hydrogens is 314 g/mol. The van der Waals surface area contributed by atoms with Gasteiger partial charge in [-0.05, 0) is 33.5 Å². The van der Waals surface area contributed by atoms with Crippen LogP contribution in [0.3, 0.4) is 0 Å². The van der Waals surface area contributed by atoms with E-state index >= 15 is 0 Å². The predicted octanol–water partition coefficient (Wildman–Crippen LogP) is 2.80. The fourth-order valence-corrected chi connectivity index (χ4v) is 2.78. The van der Waals surface area contributed by atoms with E-state index in [9.17, 15) is 9.59 Å². The van der Waals surface area contributed by atoms with Gasteiger partial charge in [-0.2, -0.15) is 0 Å². The first kappa shape index (κ1) is 19.4. The van der Waals surface area contributed by atoms with Crippen molar-refractivity contribution in [1.82, 2.24) is 10.2 Å². The minimum atomic E-state index is -0.353. The van der Waals surface area contributed by atoms with Crippen molar-refractivity contribution >= 4 is 28.3 Å². The van der Waals surface area contributed by atoms with E-state index < -0.39 is 0 Å². The van der Waals surface area contributed by atoms with Gasteiger partial charge in [-0.1, -0.05) is 13.3 Å². The fraction of sp³-hybridized carbons (Fsp3) is 0.625. The maximum atomic E-state index is 12.4. The summed E-state index contributed by atoms with van der Waals surface area (Å²) < 4.78 is 5.00. The Labute approximate surface area is 142 Å². The third-order valence-corrected chi connectivity index (χ3v) is 4.14. The second-order valence-electron chi connectivity index (χ2n) is 5.43. The number of esters is 1. The molecule has 0 saturated carbocycles. The Kier molecular flexibility index (Phi) is 8.65. The number of carbonyl (C=O) groups excluding carboxylic acids is 2. The Bertz CT molecular complexity index is 503. The summed E-state index contributed by atoms with van der Waals surface area (Å²) in [5.74, 6) is -0.353. The van der Waals surface area contributed by atoms with E-state index in [-0.39, 0.29) is 12.0 Å². The van der Waals surface area contributed by atoms with Crippen LogP contribution in [-0.4, -0.2) is 57.2 Å². The second kappa shape index (κ2) is 10.2. The Balaban J connectivity index is 2.82. The quantitative estimate of drug-likeness (QED) is 0.554. The van der Waals surface area contributed by atoms with Crippen LogP contribution < -0.4 is 10.2 Å². The molecule has 0 spiro atoms. The molecule has 1 aromatic rings. The SMILES string of the molecule is CCCCNC(=O)N(CCN(C)C)c1cc(C(=O)OCC)cs1. The van der Waals surface area contributed by atoms with Crippen molar-refractivity contribution in [3.63, 3.8) is 0 Å². The van der Waals surface area contributed by atoms with Gasteiger partial charge in [0.1, 0.15) is 0 Å². The highest BCUT2D eigenvalue weighted by atomic mass is 32.1. The molecule has 130 valence electrons. The number of likely N-dealkylation sites (N-methyl/N-ethyl adjacent to an activating group) is 1. The van der Waals surface area contributed by atoms with Gasteiger partial charge in [-0.25, -0.2) is 9.59 Å². The lowest BCUT2D eigenvalue weighted by Gasteiger charge is -2.23. The Morgan fingerprint density at radius 2 is 2.00 bits per heavy atom. The summed E-state index contributed by atoms with van der Waals surface area (Å²) >= 11 is 1.38. The van der Waals surface area contributed by atoms with Crippen LogP contribution in [0.25, 0.3) is 0 Å². The van der Waals surface area contributed by atoms with Crippen LogP contribution in [0, 0.1) is 0 Å². The summed E-state index contributed by atoms with van der Waals surface area (Å²) in [4.78, 5) is 27.9. The number of hydrogen-bond donors (Lipinski definition) is 1. The van der Waals surface area contributed by atoms with E-state index in [1.165, 1.54) is 11.3 Å². The topological polar surface area (TPSA) is 61.9 Å². The van der Waals surface area contributed by atoms with Gasteiger partial charge in [0, 0.05) is 25.0 Å². The average Bonchev–Trinajstić information content (AvgIpc) is 2.97. The van der Waals surface area contributed by atoms with Crippen LogP contribution in [-0.2, 0) is 4.74 Å². The van der Waals surface area contributed by atoms with Crippen LogP contribution >= 0.6 is 11.3 Å². The molecule has 0 aliphatic carbocycles. The maximum absolute atomic E-state index is 12.4. The molecule has 0 aliphatic rings. The van der Waals surface area contributed by atoms with Crippen molar-refractivity contribution < 1.29 is 14.3 Å². The standard InChI is InChI=1S/C16H27N3O3S/c1-5-7-8-17-16(21)19(10-9-18(3)4)14-11-13(12-23-14)15(20)22-6-2/h11-12H,5-10H2,1-4H3,(H,17,21). The normalized spacial score (nSPS) is 10.7. The molecule has 1 N–H and O–H groups in total. The molecule has 0 aromatic carbocycles. The van der Waals surface area contributed by atoms with Gasteiger partial charge in [-0.15, -0.1) is 11.3 Å². The van der Waals surface area contributed by atoms with Crippen LogP contribution in [0.5, 0.6) is 0 Å². The zero-order chi connectivity index (χ0) is 17.2. The zero-order valence-corrected chi connectivity index (χ0v) is 15.2. The number of hydrogen-bond acceptors (Lipinski definition) is 5. The highest BCUT2D eigenvalue weighted by Gasteiger charge is 2.19. The van der Waals surface area contributed by atoms with Gasteiger partial charge in [0.2, 0.25) is 0 Å². The largest absolute Gasteiger partial charge is 0.462 e. The van der Waals surface area contributed by atoms with Crippen molar-refractivity contribution in [3.8, 4) is 0 Å².